The third-order valence-electron chi connectivity index (χ3n) is 2.95. The molecule has 7 heteroatoms. The van der Waals surface area contributed by atoms with Gasteiger partial charge in [-0.1, -0.05) is 12.1 Å². The van der Waals surface area contributed by atoms with Crippen LogP contribution < -0.4 is 10.1 Å². The zero-order chi connectivity index (χ0) is 14.5. The van der Waals surface area contributed by atoms with E-state index in [-0.39, 0.29) is 24.5 Å². The largest absolute Gasteiger partial charge is 0.487 e. The highest BCUT2D eigenvalue weighted by molar-refractivity contribution is 5.78. The summed E-state index contributed by atoms with van der Waals surface area (Å²) in [6.45, 7) is 1.59. The van der Waals surface area contributed by atoms with Gasteiger partial charge in [-0.25, -0.2) is 0 Å². The van der Waals surface area contributed by atoms with Crippen molar-refractivity contribution in [2.75, 3.05) is 13.7 Å². The predicted molar refractivity (Wildman–Crippen MR) is 68.3 cm³/mol. The van der Waals surface area contributed by atoms with Crippen LogP contribution in [0.3, 0.4) is 0 Å². The monoisotopic (exact) mass is 268 g/mol. The van der Waals surface area contributed by atoms with E-state index in [0.717, 1.165) is 0 Å². The number of nitrogens with one attached hydrogen (secondary N) is 1. The number of hydrogen-bond donors (Lipinski definition) is 2. The number of benzene rings is 1. The molecule has 0 fully saturated rings. The van der Waals surface area contributed by atoms with Crippen LogP contribution in [0.5, 0.6) is 5.75 Å². The van der Waals surface area contributed by atoms with E-state index >= 15 is 0 Å². The van der Waals surface area contributed by atoms with Gasteiger partial charge in [0, 0.05) is 12.5 Å². The SMILES string of the molecule is CNC(C)(CCOc1ccccc1[N+](=O)[O-])C(=O)O. The maximum absolute atomic E-state index is 11.0. The third kappa shape index (κ3) is 3.65. The maximum atomic E-state index is 11.0. The molecule has 0 heterocycles. The van der Waals surface area contributed by atoms with Crippen molar-refractivity contribution >= 4 is 11.7 Å². The average molecular weight is 268 g/mol. The van der Waals surface area contributed by atoms with Gasteiger partial charge in [-0.15, -0.1) is 0 Å². The maximum Gasteiger partial charge on any atom is 0.323 e. The van der Waals surface area contributed by atoms with Crippen molar-refractivity contribution in [2.24, 2.45) is 0 Å². The standard InChI is InChI=1S/C12H16N2O5/c1-12(13-2,11(15)16)7-8-19-10-6-4-3-5-9(10)14(17)18/h3-6,13H,7-8H2,1-2H3,(H,15,16). The summed E-state index contributed by atoms with van der Waals surface area (Å²) in [7, 11) is 1.54. The van der Waals surface area contributed by atoms with Crippen LogP contribution in [-0.2, 0) is 4.79 Å². The fourth-order valence-electron chi connectivity index (χ4n) is 1.43. The second-order valence-corrected chi connectivity index (χ2v) is 4.21. The molecule has 0 saturated heterocycles. The summed E-state index contributed by atoms with van der Waals surface area (Å²) in [4.78, 5) is 21.3. The molecule has 0 aliphatic carbocycles. The van der Waals surface area contributed by atoms with Crippen LogP contribution in [-0.4, -0.2) is 35.2 Å². The van der Waals surface area contributed by atoms with Crippen LogP contribution in [0.2, 0.25) is 0 Å². The Morgan fingerprint density at radius 3 is 2.68 bits per heavy atom. The number of nitro benzene ring substituents is 1. The first kappa shape index (κ1) is 14.9. The highest BCUT2D eigenvalue weighted by Gasteiger charge is 2.31. The second-order valence-electron chi connectivity index (χ2n) is 4.21. The van der Waals surface area contributed by atoms with Crippen molar-refractivity contribution in [2.45, 2.75) is 18.9 Å². The molecular formula is C12H16N2O5. The van der Waals surface area contributed by atoms with E-state index in [9.17, 15) is 14.9 Å². The van der Waals surface area contributed by atoms with Crippen LogP contribution in [0.15, 0.2) is 24.3 Å². The molecule has 0 saturated carbocycles. The Morgan fingerprint density at radius 2 is 2.16 bits per heavy atom. The lowest BCUT2D eigenvalue weighted by atomic mass is 9.99. The Labute approximate surface area is 110 Å². The molecule has 1 rings (SSSR count). The van der Waals surface area contributed by atoms with E-state index in [1.807, 2.05) is 0 Å². The summed E-state index contributed by atoms with van der Waals surface area (Å²) < 4.78 is 5.30. The number of carboxylic acids is 1. The number of hydrogen-bond acceptors (Lipinski definition) is 5. The van der Waals surface area contributed by atoms with E-state index in [0.29, 0.717) is 0 Å². The zero-order valence-corrected chi connectivity index (χ0v) is 10.8. The normalized spacial score (nSPS) is 13.6. The van der Waals surface area contributed by atoms with Gasteiger partial charge in [0.25, 0.3) is 0 Å². The molecule has 0 aliphatic heterocycles. The molecular weight excluding hydrogens is 252 g/mol. The molecule has 0 bridgehead atoms. The molecule has 0 amide bonds. The summed E-state index contributed by atoms with van der Waals surface area (Å²) in [6, 6.07) is 5.98. The number of carboxylic acid groups (broad SMARTS) is 1. The minimum atomic E-state index is -1.12. The Hall–Kier alpha value is -2.15. The third-order valence-corrected chi connectivity index (χ3v) is 2.95. The van der Waals surface area contributed by atoms with E-state index in [1.54, 1.807) is 19.2 Å². The predicted octanol–water partition coefficient (Wildman–Crippen LogP) is 1.43. The van der Waals surface area contributed by atoms with Crippen molar-refractivity contribution in [1.82, 2.24) is 5.32 Å². The van der Waals surface area contributed by atoms with Crippen LogP contribution in [0, 0.1) is 10.1 Å². The number of likely N-dealkylation sites (N-methyl/N-ethyl adjacent to an activating group) is 1. The van der Waals surface area contributed by atoms with E-state index in [1.165, 1.54) is 19.1 Å². The summed E-state index contributed by atoms with van der Waals surface area (Å²) in [5.74, 6) is -0.863. The summed E-state index contributed by atoms with van der Waals surface area (Å²) in [5.41, 5.74) is -1.26. The van der Waals surface area contributed by atoms with Gasteiger partial charge in [-0.2, -0.15) is 0 Å². The average Bonchev–Trinajstić information content (AvgIpc) is 2.38. The van der Waals surface area contributed by atoms with E-state index in [4.69, 9.17) is 9.84 Å². The Balaban J connectivity index is 2.68. The smallest absolute Gasteiger partial charge is 0.323 e. The van der Waals surface area contributed by atoms with Gasteiger partial charge in [0.2, 0.25) is 0 Å². The number of nitrogens with zero attached hydrogens (tertiary/aromatic N) is 1. The second kappa shape index (κ2) is 6.14. The highest BCUT2D eigenvalue weighted by atomic mass is 16.6. The van der Waals surface area contributed by atoms with Gasteiger partial charge in [0.1, 0.15) is 5.54 Å². The fourth-order valence-corrected chi connectivity index (χ4v) is 1.43. The molecule has 2 N–H and O–H groups in total. The van der Waals surface area contributed by atoms with Crippen molar-refractivity contribution in [3.05, 3.63) is 34.4 Å². The van der Waals surface area contributed by atoms with Gasteiger partial charge >= 0.3 is 11.7 Å². The summed E-state index contributed by atoms with van der Waals surface area (Å²) >= 11 is 0. The molecule has 0 aromatic heterocycles. The Bertz CT molecular complexity index is 477. The molecule has 0 radical (unpaired) electrons. The Morgan fingerprint density at radius 1 is 1.53 bits per heavy atom. The minimum Gasteiger partial charge on any atom is -0.487 e. The van der Waals surface area contributed by atoms with Crippen molar-refractivity contribution in [3.63, 3.8) is 0 Å². The lowest BCUT2D eigenvalue weighted by molar-refractivity contribution is -0.385. The quantitative estimate of drug-likeness (QED) is 0.573. The molecule has 19 heavy (non-hydrogen) atoms. The van der Waals surface area contributed by atoms with E-state index < -0.39 is 16.4 Å². The lowest BCUT2D eigenvalue weighted by Crippen LogP contribution is -2.48. The van der Waals surface area contributed by atoms with Gasteiger partial charge in [0.05, 0.1) is 11.5 Å². The molecule has 104 valence electrons. The van der Waals surface area contributed by atoms with Crippen molar-refractivity contribution < 1.29 is 19.6 Å². The Kier molecular flexibility index (Phi) is 4.82. The first-order valence-corrected chi connectivity index (χ1v) is 5.69. The van der Waals surface area contributed by atoms with Gasteiger partial charge in [-0.3, -0.25) is 14.9 Å². The number of aliphatic carboxylic acids is 1. The number of carbonyl (C=O) groups is 1. The fraction of sp³-hybridized carbons (Fsp3) is 0.417. The number of rotatable bonds is 7. The number of nitro groups is 1. The topological polar surface area (TPSA) is 102 Å². The van der Waals surface area contributed by atoms with Gasteiger partial charge in [0.15, 0.2) is 5.75 Å². The first-order chi connectivity index (χ1) is 8.90. The molecule has 1 aromatic rings. The van der Waals surface area contributed by atoms with Gasteiger partial charge < -0.3 is 15.2 Å². The highest BCUT2D eigenvalue weighted by Crippen LogP contribution is 2.26. The van der Waals surface area contributed by atoms with E-state index in [2.05, 4.69) is 5.32 Å². The van der Waals surface area contributed by atoms with Crippen molar-refractivity contribution in [3.8, 4) is 5.75 Å². The molecule has 0 aliphatic rings. The lowest BCUT2D eigenvalue weighted by Gasteiger charge is -2.23. The molecule has 1 unspecified atom stereocenters. The number of ether oxygens (including phenoxy) is 1. The van der Waals surface area contributed by atoms with Crippen LogP contribution in [0.25, 0.3) is 0 Å². The molecule has 7 nitrogen and oxygen atoms in total. The minimum absolute atomic E-state index is 0.0640. The van der Waals surface area contributed by atoms with Gasteiger partial charge in [-0.05, 0) is 20.0 Å². The molecule has 0 spiro atoms. The van der Waals surface area contributed by atoms with Crippen LogP contribution >= 0.6 is 0 Å². The van der Waals surface area contributed by atoms with Crippen LogP contribution in [0.4, 0.5) is 5.69 Å². The van der Waals surface area contributed by atoms with Crippen LogP contribution in [0.1, 0.15) is 13.3 Å². The van der Waals surface area contributed by atoms with Crippen molar-refractivity contribution in [1.29, 1.82) is 0 Å². The zero-order valence-electron chi connectivity index (χ0n) is 10.8. The number of para-hydroxylation sites is 2. The summed E-state index contributed by atoms with van der Waals surface area (Å²) in [6.07, 6.45) is 0.185. The molecule has 1 aromatic carbocycles. The first-order valence-electron chi connectivity index (χ1n) is 5.69. The molecule has 1 atom stereocenters. The summed E-state index contributed by atoms with van der Waals surface area (Å²) in [5, 5.41) is 22.5.